The van der Waals surface area contributed by atoms with Crippen LogP contribution in [-0.4, -0.2) is 0 Å². The smallest absolute Gasteiger partial charge is 0.0198 e. The average molecular weight is 188 g/mol. The molecule has 0 nitrogen and oxygen atoms in total. The van der Waals surface area contributed by atoms with Crippen LogP contribution < -0.4 is 10.4 Å². The van der Waals surface area contributed by atoms with E-state index in [4.69, 9.17) is 0 Å². The third-order valence-corrected chi connectivity index (χ3v) is 2.48. The van der Waals surface area contributed by atoms with E-state index in [2.05, 4.69) is 37.3 Å². The Morgan fingerprint density at radius 3 is 2.50 bits per heavy atom. The Bertz CT molecular complexity index is 385. The lowest BCUT2D eigenvalue weighted by Crippen LogP contribution is -2.25. The van der Waals surface area contributed by atoms with Crippen LogP contribution in [0.5, 0.6) is 0 Å². The van der Waals surface area contributed by atoms with Crippen molar-refractivity contribution in [1.82, 2.24) is 0 Å². The molecule has 2 rings (SSSR count). The quantitative estimate of drug-likeness (QED) is 0.587. The first-order valence-corrected chi connectivity index (χ1v) is 5.64. The second-order valence-corrected chi connectivity index (χ2v) is 3.42. The molecule has 0 saturated carbocycles. The summed E-state index contributed by atoms with van der Waals surface area (Å²) < 4.78 is 0. The third kappa shape index (κ3) is 2.47. The molecule has 0 heterocycles. The molecule has 0 spiro atoms. The summed E-state index contributed by atoms with van der Waals surface area (Å²) in [6.07, 6.45) is 8.48. The summed E-state index contributed by atoms with van der Waals surface area (Å²) in [5.74, 6) is 0. The van der Waals surface area contributed by atoms with Crippen molar-refractivity contribution < 1.29 is 0 Å². The van der Waals surface area contributed by atoms with E-state index in [0.29, 0.717) is 0 Å². The zero-order chi connectivity index (χ0) is 10.4. The highest BCUT2D eigenvalue weighted by Gasteiger charge is 1.94. The highest BCUT2D eigenvalue weighted by Crippen LogP contribution is 2.00. The van der Waals surface area contributed by atoms with Crippen molar-refractivity contribution in [2.24, 2.45) is 0 Å². The number of hydrogen-bond acceptors (Lipinski definition) is 0. The first-order chi connectivity index (χ1) is 6.88. The molecule has 0 N–H and O–H groups in total. The molecular weight excluding hydrogens is 168 g/mol. The van der Waals surface area contributed by atoms with Gasteiger partial charge in [0.05, 0.1) is 0 Å². The van der Waals surface area contributed by atoms with Gasteiger partial charge < -0.3 is 0 Å². The topological polar surface area (TPSA) is 0 Å². The Balaban J connectivity index is 0.000000461. The lowest BCUT2D eigenvalue weighted by molar-refractivity contribution is 0.924. The summed E-state index contributed by atoms with van der Waals surface area (Å²) in [5, 5.41) is 2.88. The van der Waals surface area contributed by atoms with E-state index in [1.54, 1.807) is 0 Å². The van der Waals surface area contributed by atoms with Gasteiger partial charge in [-0.05, 0) is 42.2 Å². The normalized spacial score (nSPS) is 13.6. The molecule has 0 saturated heterocycles. The Morgan fingerprint density at radius 1 is 1.00 bits per heavy atom. The van der Waals surface area contributed by atoms with Crippen LogP contribution in [0.1, 0.15) is 38.7 Å². The first kappa shape index (κ1) is 11.0. The Labute approximate surface area is 87.0 Å². The SMILES string of the molecule is CC.Cc1cccc2c1=CCCCC=2. The van der Waals surface area contributed by atoms with Gasteiger partial charge in [-0.2, -0.15) is 0 Å². The van der Waals surface area contributed by atoms with Crippen molar-refractivity contribution in [2.75, 3.05) is 0 Å². The van der Waals surface area contributed by atoms with Crippen molar-refractivity contribution in [2.45, 2.75) is 40.0 Å². The van der Waals surface area contributed by atoms with Crippen LogP contribution in [0.25, 0.3) is 12.2 Å². The highest BCUT2D eigenvalue weighted by atomic mass is 14.0. The van der Waals surface area contributed by atoms with Gasteiger partial charge in [-0.15, -0.1) is 0 Å². The minimum Gasteiger partial charge on any atom is -0.0767 e. The van der Waals surface area contributed by atoms with Gasteiger partial charge in [0, 0.05) is 0 Å². The molecular formula is C14H20. The molecule has 0 aromatic heterocycles. The molecule has 0 unspecified atom stereocenters. The molecule has 14 heavy (non-hydrogen) atoms. The van der Waals surface area contributed by atoms with Crippen LogP contribution in [0.15, 0.2) is 18.2 Å². The maximum atomic E-state index is 2.37. The standard InChI is InChI=1S/C12H14.C2H6/c1-10-6-5-8-11-7-3-2-4-9-12(10)11;1-2/h5-9H,2-4H2,1H3;1-2H3. The van der Waals surface area contributed by atoms with Gasteiger partial charge in [-0.1, -0.05) is 44.2 Å². The number of rotatable bonds is 0. The van der Waals surface area contributed by atoms with Crippen molar-refractivity contribution >= 4 is 12.2 Å². The van der Waals surface area contributed by atoms with Gasteiger partial charge in [0.25, 0.3) is 0 Å². The third-order valence-electron chi connectivity index (χ3n) is 2.48. The molecule has 1 aliphatic rings. The minimum atomic E-state index is 1.23. The Hall–Kier alpha value is -1.04. The zero-order valence-corrected chi connectivity index (χ0v) is 9.51. The molecule has 1 aliphatic carbocycles. The second kappa shape index (κ2) is 5.64. The predicted octanol–water partition coefficient (Wildman–Crippen LogP) is 2.77. The Kier molecular flexibility index (Phi) is 4.45. The van der Waals surface area contributed by atoms with E-state index >= 15 is 0 Å². The monoisotopic (exact) mass is 188 g/mol. The van der Waals surface area contributed by atoms with Crippen LogP contribution in [-0.2, 0) is 0 Å². The van der Waals surface area contributed by atoms with Crippen molar-refractivity contribution in [3.05, 3.63) is 34.2 Å². The van der Waals surface area contributed by atoms with Gasteiger partial charge in [-0.3, -0.25) is 0 Å². The minimum absolute atomic E-state index is 1.23. The van der Waals surface area contributed by atoms with E-state index in [0.717, 1.165) is 0 Å². The summed E-state index contributed by atoms with van der Waals surface area (Å²) in [5.41, 5.74) is 1.41. The maximum Gasteiger partial charge on any atom is -0.0198 e. The molecule has 0 atom stereocenters. The fraction of sp³-hybridized carbons (Fsp3) is 0.429. The molecule has 76 valence electrons. The summed E-state index contributed by atoms with van der Waals surface area (Å²) in [6.45, 7) is 6.19. The van der Waals surface area contributed by atoms with Gasteiger partial charge in [0.1, 0.15) is 0 Å². The summed E-state index contributed by atoms with van der Waals surface area (Å²) in [6, 6.07) is 6.54. The van der Waals surface area contributed by atoms with Gasteiger partial charge in [0.2, 0.25) is 0 Å². The first-order valence-electron chi connectivity index (χ1n) is 5.64. The molecule has 0 bridgehead atoms. The largest absolute Gasteiger partial charge is 0.0767 e. The fourth-order valence-electron chi connectivity index (χ4n) is 1.78. The van der Waals surface area contributed by atoms with E-state index in [-0.39, 0.29) is 0 Å². The van der Waals surface area contributed by atoms with Gasteiger partial charge >= 0.3 is 0 Å². The van der Waals surface area contributed by atoms with Crippen molar-refractivity contribution in [1.29, 1.82) is 0 Å². The van der Waals surface area contributed by atoms with Crippen molar-refractivity contribution in [3.8, 4) is 0 Å². The molecule has 0 aliphatic heterocycles. The van der Waals surface area contributed by atoms with E-state index in [1.807, 2.05) is 13.8 Å². The number of aryl methyl sites for hydroxylation is 1. The average Bonchev–Trinajstić information content (AvgIpc) is 2.47. The maximum absolute atomic E-state index is 2.37. The highest BCUT2D eigenvalue weighted by molar-refractivity contribution is 5.37. The van der Waals surface area contributed by atoms with Crippen LogP contribution >= 0.6 is 0 Å². The molecule has 1 aromatic carbocycles. The molecule has 0 fully saturated rings. The number of benzene rings is 1. The Morgan fingerprint density at radius 2 is 1.71 bits per heavy atom. The van der Waals surface area contributed by atoms with Crippen LogP contribution in [0.3, 0.4) is 0 Å². The van der Waals surface area contributed by atoms with Gasteiger partial charge in [-0.25, -0.2) is 0 Å². The summed E-state index contributed by atoms with van der Waals surface area (Å²) in [7, 11) is 0. The zero-order valence-electron chi connectivity index (χ0n) is 9.51. The lowest BCUT2D eigenvalue weighted by Gasteiger charge is -1.93. The van der Waals surface area contributed by atoms with E-state index in [1.165, 1.54) is 35.3 Å². The number of fused-ring (bicyclic) bond motifs is 1. The molecule has 0 amide bonds. The molecule has 0 heteroatoms. The number of hydrogen-bond donors (Lipinski definition) is 0. The van der Waals surface area contributed by atoms with Crippen LogP contribution in [0, 0.1) is 6.92 Å². The fourth-order valence-corrected chi connectivity index (χ4v) is 1.78. The summed E-state index contributed by atoms with van der Waals surface area (Å²) >= 11 is 0. The molecule has 0 radical (unpaired) electrons. The van der Waals surface area contributed by atoms with Crippen LogP contribution in [0.2, 0.25) is 0 Å². The summed E-state index contributed by atoms with van der Waals surface area (Å²) in [4.78, 5) is 0. The van der Waals surface area contributed by atoms with E-state index < -0.39 is 0 Å². The predicted molar refractivity (Wildman–Crippen MR) is 64.6 cm³/mol. The second-order valence-electron chi connectivity index (χ2n) is 3.42. The van der Waals surface area contributed by atoms with Gasteiger partial charge in [0.15, 0.2) is 0 Å². The van der Waals surface area contributed by atoms with E-state index in [9.17, 15) is 0 Å². The lowest BCUT2D eigenvalue weighted by atomic mass is 10.1. The molecule has 1 aromatic rings. The van der Waals surface area contributed by atoms with Crippen molar-refractivity contribution in [3.63, 3.8) is 0 Å². The van der Waals surface area contributed by atoms with Crippen LogP contribution in [0.4, 0.5) is 0 Å².